The predicted octanol–water partition coefficient (Wildman–Crippen LogP) is 0.318. The first-order valence-corrected chi connectivity index (χ1v) is 5.14. The van der Waals surface area contributed by atoms with Crippen LogP contribution in [0, 0.1) is 0 Å². The molecule has 0 spiro atoms. The highest BCUT2D eigenvalue weighted by Gasteiger charge is 2.15. The first-order valence-electron chi connectivity index (χ1n) is 5.14. The first-order chi connectivity index (χ1) is 7.13. The van der Waals surface area contributed by atoms with Crippen LogP contribution in [0.25, 0.3) is 0 Å². The van der Waals surface area contributed by atoms with Crippen LogP contribution in [-0.2, 0) is 19.0 Å². The second kappa shape index (κ2) is 8.64. The zero-order chi connectivity index (χ0) is 11.7. The Labute approximate surface area is 90.9 Å². The molecule has 5 nitrogen and oxygen atoms in total. The van der Waals surface area contributed by atoms with E-state index in [4.69, 9.17) is 19.9 Å². The summed E-state index contributed by atoms with van der Waals surface area (Å²) in [7, 11) is 1.52. The molecule has 0 aliphatic heterocycles. The van der Waals surface area contributed by atoms with Crippen LogP contribution in [0.15, 0.2) is 0 Å². The molecule has 0 aliphatic rings. The van der Waals surface area contributed by atoms with Crippen LogP contribution in [0.5, 0.6) is 0 Å². The number of ether oxygens (including phenoxy) is 3. The Kier molecular flexibility index (Phi) is 8.27. The average molecular weight is 219 g/mol. The summed E-state index contributed by atoms with van der Waals surface area (Å²) in [6, 6.07) is 0. The summed E-state index contributed by atoms with van der Waals surface area (Å²) < 4.78 is 15.2. The van der Waals surface area contributed by atoms with Gasteiger partial charge in [-0.3, -0.25) is 4.79 Å². The van der Waals surface area contributed by atoms with E-state index < -0.39 is 0 Å². The molecule has 0 aromatic carbocycles. The Balaban J connectivity index is 3.71. The SMILES string of the molecule is CCOCC(C)OC(=O)CC(CN)OC. The number of methoxy groups -OCH3 is 1. The summed E-state index contributed by atoms with van der Waals surface area (Å²) >= 11 is 0. The van der Waals surface area contributed by atoms with E-state index in [0.29, 0.717) is 19.8 Å². The van der Waals surface area contributed by atoms with E-state index in [1.807, 2.05) is 6.92 Å². The van der Waals surface area contributed by atoms with Gasteiger partial charge in [-0.2, -0.15) is 0 Å². The van der Waals surface area contributed by atoms with Crippen molar-refractivity contribution in [3.63, 3.8) is 0 Å². The van der Waals surface area contributed by atoms with Gasteiger partial charge in [0.1, 0.15) is 6.10 Å². The first kappa shape index (κ1) is 14.3. The molecule has 0 bridgehead atoms. The molecule has 0 saturated carbocycles. The number of esters is 1. The Morgan fingerprint density at radius 3 is 2.60 bits per heavy atom. The smallest absolute Gasteiger partial charge is 0.308 e. The van der Waals surface area contributed by atoms with Crippen LogP contribution in [0.3, 0.4) is 0 Å². The molecule has 0 rings (SSSR count). The van der Waals surface area contributed by atoms with E-state index in [2.05, 4.69) is 0 Å². The number of carbonyl (C=O) groups is 1. The zero-order valence-electron chi connectivity index (χ0n) is 9.69. The number of hydrogen-bond acceptors (Lipinski definition) is 5. The molecule has 0 aromatic heterocycles. The third-order valence-electron chi connectivity index (χ3n) is 1.88. The van der Waals surface area contributed by atoms with Gasteiger partial charge in [0, 0.05) is 20.3 Å². The Morgan fingerprint density at radius 2 is 2.13 bits per heavy atom. The minimum Gasteiger partial charge on any atom is -0.460 e. The summed E-state index contributed by atoms with van der Waals surface area (Å²) in [5.41, 5.74) is 5.39. The van der Waals surface area contributed by atoms with Crippen molar-refractivity contribution >= 4 is 5.97 Å². The average Bonchev–Trinajstić information content (AvgIpc) is 2.22. The molecular weight excluding hydrogens is 198 g/mol. The molecule has 5 heteroatoms. The molecule has 2 N–H and O–H groups in total. The van der Waals surface area contributed by atoms with Crippen LogP contribution >= 0.6 is 0 Å². The van der Waals surface area contributed by atoms with Gasteiger partial charge in [-0.15, -0.1) is 0 Å². The maximum Gasteiger partial charge on any atom is 0.308 e. The van der Waals surface area contributed by atoms with Gasteiger partial charge in [0.05, 0.1) is 19.1 Å². The van der Waals surface area contributed by atoms with Gasteiger partial charge in [-0.1, -0.05) is 0 Å². The minimum atomic E-state index is -0.306. The molecule has 0 radical (unpaired) electrons. The van der Waals surface area contributed by atoms with Crippen molar-refractivity contribution in [1.82, 2.24) is 0 Å². The van der Waals surface area contributed by atoms with Crippen LogP contribution in [0.2, 0.25) is 0 Å². The van der Waals surface area contributed by atoms with Crippen molar-refractivity contribution < 1.29 is 19.0 Å². The van der Waals surface area contributed by atoms with Crippen LogP contribution < -0.4 is 5.73 Å². The molecule has 15 heavy (non-hydrogen) atoms. The van der Waals surface area contributed by atoms with E-state index in [1.54, 1.807) is 6.92 Å². The van der Waals surface area contributed by atoms with Crippen molar-refractivity contribution in [2.45, 2.75) is 32.5 Å². The number of carbonyl (C=O) groups excluding carboxylic acids is 1. The van der Waals surface area contributed by atoms with Crippen molar-refractivity contribution in [2.24, 2.45) is 5.73 Å². The monoisotopic (exact) mass is 219 g/mol. The quantitative estimate of drug-likeness (QED) is 0.595. The fourth-order valence-electron chi connectivity index (χ4n) is 1.04. The van der Waals surface area contributed by atoms with Crippen molar-refractivity contribution in [2.75, 3.05) is 26.9 Å². The van der Waals surface area contributed by atoms with Gasteiger partial charge in [0.2, 0.25) is 0 Å². The van der Waals surface area contributed by atoms with Gasteiger partial charge >= 0.3 is 5.97 Å². The second-order valence-corrected chi connectivity index (χ2v) is 3.26. The molecular formula is C10H21NO4. The van der Waals surface area contributed by atoms with E-state index in [-0.39, 0.29) is 24.6 Å². The molecule has 0 aromatic rings. The van der Waals surface area contributed by atoms with E-state index in [9.17, 15) is 4.79 Å². The zero-order valence-corrected chi connectivity index (χ0v) is 9.69. The molecule has 0 aliphatic carbocycles. The Bertz CT molecular complexity index is 171. The topological polar surface area (TPSA) is 70.8 Å². The summed E-state index contributed by atoms with van der Waals surface area (Å²) in [5, 5.41) is 0. The lowest BCUT2D eigenvalue weighted by atomic mass is 10.2. The van der Waals surface area contributed by atoms with Gasteiger partial charge in [-0.05, 0) is 13.8 Å². The lowest BCUT2D eigenvalue weighted by molar-refractivity contribution is -0.153. The van der Waals surface area contributed by atoms with Crippen molar-refractivity contribution in [3.8, 4) is 0 Å². The molecule has 0 amide bonds. The third kappa shape index (κ3) is 7.30. The highest BCUT2D eigenvalue weighted by molar-refractivity contribution is 5.70. The maximum atomic E-state index is 11.3. The molecule has 0 saturated heterocycles. The van der Waals surface area contributed by atoms with E-state index in [0.717, 1.165) is 0 Å². The minimum absolute atomic E-state index is 0.184. The highest BCUT2D eigenvalue weighted by Crippen LogP contribution is 2.01. The van der Waals surface area contributed by atoms with Crippen molar-refractivity contribution in [3.05, 3.63) is 0 Å². The van der Waals surface area contributed by atoms with Crippen LogP contribution in [0.1, 0.15) is 20.3 Å². The normalized spacial score (nSPS) is 14.7. The summed E-state index contributed by atoms with van der Waals surface area (Å²) in [6.45, 7) is 5.03. The fraction of sp³-hybridized carbons (Fsp3) is 0.900. The maximum absolute atomic E-state index is 11.3. The van der Waals surface area contributed by atoms with Gasteiger partial charge in [0.15, 0.2) is 0 Å². The number of rotatable bonds is 8. The second-order valence-electron chi connectivity index (χ2n) is 3.26. The standard InChI is InChI=1S/C10H21NO4/c1-4-14-7-8(2)15-10(12)5-9(6-11)13-3/h8-9H,4-7,11H2,1-3H3. The summed E-state index contributed by atoms with van der Waals surface area (Å²) in [6.07, 6.45) is -0.312. The predicted molar refractivity (Wildman–Crippen MR) is 56.5 cm³/mol. The molecule has 2 atom stereocenters. The summed E-state index contributed by atoms with van der Waals surface area (Å²) in [4.78, 5) is 11.3. The lowest BCUT2D eigenvalue weighted by Crippen LogP contribution is -2.28. The van der Waals surface area contributed by atoms with Crippen LogP contribution in [-0.4, -0.2) is 45.0 Å². The fourth-order valence-corrected chi connectivity index (χ4v) is 1.04. The molecule has 0 heterocycles. The largest absolute Gasteiger partial charge is 0.460 e. The van der Waals surface area contributed by atoms with E-state index in [1.165, 1.54) is 7.11 Å². The molecule has 90 valence electrons. The van der Waals surface area contributed by atoms with Crippen molar-refractivity contribution in [1.29, 1.82) is 0 Å². The summed E-state index contributed by atoms with van der Waals surface area (Å²) in [5.74, 6) is -0.306. The Hall–Kier alpha value is -0.650. The third-order valence-corrected chi connectivity index (χ3v) is 1.88. The number of nitrogens with two attached hydrogens (primary N) is 1. The molecule has 0 fully saturated rings. The van der Waals surface area contributed by atoms with Gasteiger partial charge < -0.3 is 19.9 Å². The van der Waals surface area contributed by atoms with Gasteiger partial charge in [0.25, 0.3) is 0 Å². The Morgan fingerprint density at radius 1 is 1.47 bits per heavy atom. The highest BCUT2D eigenvalue weighted by atomic mass is 16.6. The van der Waals surface area contributed by atoms with Gasteiger partial charge in [-0.25, -0.2) is 0 Å². The van der Waals surface area contributed by atoms with Crippen LogP contribution in [0.4, 0.5) is 0 Å². The lowest BCUT2D eigenvalue weighted by Gasteiger charge is -2.16. The number of hydrogen-bond donors (Lipinski definition) is 1. The van der Waals surface area contributed by atoms with E-state index >= 15 is 0 Å². The molecule has 2 unspecified atom stereocenters.